The molecule has 4 heteroatoms. The molecule has 0 fully saturated rings. The van der Waals surface area contributed by atoms with E-state index in [1.54, 1.807) is 31.2 Å². The molecule has 1 N–H and O–H groups in total. The van der Waals surface area contributed by atoms with E-state index < -0.39 is 5.97 Å². The summed E-state index contributed by atoms with van der Waals surface area (Å²) in [6.07, 6.45) is 0.702. The summed E-state index contributed by atoms with van der Waals surface area (Å²) in [5.74, 6) is -0.694. The van der Waals surface area contributed by atoms with Crippen molar-refractivity contribution in [3.8, 4) is 0 Å². The van der Waals surface area contributed by atoms with Crippen LogP contribution in [-0.2, 0) is 9.53 Å². The summed E-state index contributed by atoms with van der Waals surface area (Å²) in [6.45, 7) is 4.06. The molecule has 0 radical (unpaired) electrons. The van der Waals surface area contributed by atoms with Crippen molar-refractivity contribution in [2.24, 2.45) is 0 Å². The smallest absolute Gasteiger partial charge is 0.338 e. The molecule has 1 atom stereocenters. The molecule has 2 rings (SSSR count). The van der Waals surface area contributed by atoms with Crippen LogP contribution in [0.4, 0.5) is 5.69 Å². The average molecular weight is 311 g/mol. The summed E-state index contributed by atoms with van der Waals surface area (Å²) in [4.78, 5) is 24.3. The number of benzene rings is 2. The van der Waals surface area contributed by atoms with Crippen LogP contribution in [0, 0.1) is 0 Å². The molecule has 2 aromatic rings. The topological polar surface area (TPSA) is 55.4 Å². The number of hydrogen-bond donors (Lipinski definition) is 1. The Morgan fingerprint density at radius 3 is 2.43 bits per heavy atom. The van der Waals surface area contributed by atoms with Gasteiger partial charge in [0.05, 0.1) is 18.1 Å². The quantitative estimate of drug-likeness (QED) is 0.821. The van der Waals surface area contributed by atoms with Gasteiger partial charge < -0.3 is 10.1 Å². The van der Waals surface area contributed by atoms with E-state index in [9.17, 15) is 9.59 Å². The van der Waals surface area contributed by atoms with Crippen LogP contribution < -0.4 is 5.32 Å². The van der Waals surface area contributed by atoms with Gasteiger partial charge in [-0.2, -0.15) is 0 Å². The zero-order chi connectivity index (χ0) is 16.7. The van der Waals surface area contributed by atoms with E-state index in [-0.39, 0.29) is 11.8 Å². The van der Waals surface area contributed by atoms with Gasteiger partial charge in [-0.05, 0) is 37.1 Å². The second-order valence-corrected chi connectivity index (χ2v) is 5.16. The Morgan fingerprint density at radius 1 is 1.04 bits per heavy atom. The van der Waals surface area contributed by atoms with Crippen molar-refractivity contribution in [3.05, 3.63) is 65.7 Å². The summed E-state index contributed by atoms with van der Waals surface area (Å²) in [7, 11) is 0. The van der Waals surface area contributed by atoms with Gasteiger partial charge in [-0.15, -0.1) is 0 Å². The Labute approximate surface area is 136 Å². The molecule has 0 spiro atoms. The highest BCUT2D eigenvalue weighted by molar-refractivity contribution is 5.97. The maximum Gasteiger partial charge on any atom is 0.338 e. The van der Waals surface area contributed by atoms with Gasteiger partial charge in [0.25, 0.3) is 0 Å². The molecule has 0 unspecified atom stereocenters. The maximum absolute atomic E-state index is 12.5. The van der Waals surface area contributed by atoms with Crippen molar-refractivity contribution < 1.29 is 14.3 Å². The van der Waals surface area contributed by atoms with Crippen LogP contribution in [0.15, 0.2) is 54.6 Å². The lowest BCUT2D eigenvalue weighted by Crippen LogP contribution is -2.20. The van der Waals surface area contributed by atoms with Crippen molar-refractivity contribution in [1.82, 2.24) is 0 Å². The molecule has 1 amide bonds. The Hall–Kier alpha value is -2.62. The largest absolute Gasteiger partial charge is 0.462 e. The van der Waals surface area contributed by atoms with Gasteiger partial charge in [-0.1, -0.05) is 43.3 Å². The van der Waals surface area contributed by atoms with E-state index >= 15 is 0 Å². The van der Waals surface area contributed by atoms with Crippen LogP contribution in [0.2, 0.25) is 0 Å². The molecule has 0 aliphatic carbocycles. The fourth-order valence-electron chi connectivity index (χ4n) is 2.43. The Kier molecular flexibility index (Phi) is 5.92. The third-order valence-corrected chi connectivity index (χ3v) is 3.57. The number of amides is 1. The minimum absolute atomic E-state index is 0.0836. The van der Waals surface area contributed by atoms with Gasteiger partial charge in [0.2, 0.25) is 5.91 Å². The molecule has 2 aromatic carbocycles. The third-order valence-electron chi connectivity index (χ3n) is 3.57. The van der Waals surface area contributed by atoms with E-state index in [1.807, 2.05) is 37.3 Å². The van der Waals surface area contributed by atoms with Crippen LogP contribution in [0.5, 0.6) is 0 Å². The highest BCUT2D eigenvalue weighted by Crippen LogP contribution is 2.22. The minimum atomic E-state index is -0.390. The second kappa shape index (κ2) is 8.13. The number of hydrogen-bond acceptors (Lipinski definition) is 3. The standard InChI is InChI=1S/C19H21NO3/c1-3-17(14-9-6-5-7-10-14)18(21)20-16-12-8-11-15(13-16)19(22)23-4-2/h5-13,17H,3-4H2,1-2H3,(H,20,21)/t17-/m1/s1. The first-order chi connectivity index (χ1) is 11.2. The lowest BCUT2D eigenvalue weighted by Gasteiger charge is -2.15. The Balaban J connectivity index is 2.13. The third kappa shape index (κ3) is 4.42. The van der Waals surface area contributed by atoms with Crippen LogP contribution in [0.25, 0.3) is 0 Å². The Bertz CT molecular complexity index is 667. The summed E-state index contributed by atoms with van der Waals surface area (Å²) >= 11 is 0. The van der Waals surface area contributed by atoms with E-state index in [4.69, 9.17) is 4.74 Å². The summed E-state index contributed by atoms with van der Waals surface area (Å²) in [5.41, 5.74) is 2.00. The van der Waals surface area contributed by atoms with E-state index in [2.05, 4.69) is 5.32 Å². The number of carbonyl (C=O) groups is 2. The molecule has 0 aromatic heterocycles. The number of carbonyl (C=O) groups excluding carboxylic acids is 2. The van der Waals surface area contributed by atoms with Crippen LogP contribution in [0.1, 0.15) is 42.1 Å². The van der Waals surface area contributed by atoms with Crippen LogP contribution >= 0.6 is 0 Å². The predicted octanol–water partition coefficient (Wildman–Crippen LogP) is 4.00. The van der Waals surface area contributed by atoms with Crippen molar-refractivity contribution in [2.45, 2.75) is 26.2 Å². The van der Waals surface area contributed by atoms with E-state index in [1.165, 1.54) is 0 Å². The van der Waals surface area contributed by atoms with Crippen LogP contribution in [-0.4, -0.2) is 18.5 Å². The molecule has 120 valence electrons. The first-order valence-electron chi connectivity index (χ1n) is 7.78. The van der Waals surface area contributed by atoms with Gasteiger partial charge in [-0.3, -0.25) is 4.79 Å². The summed E-state index contributed by atoms with van der Waals surface area (Å²) in [6, 6.07) is 16.5. The highest BCUT2D eigenvalue weighted by atomic mass is 16.5. The summed E-state index contributed by atoms with van der Waals surface area (Å²) < 4.78 is 4.97. The number of anilines is 1. The monoisotopic (exact) mass is 311 g/mol. The zero-order valence-corrected chi connectivity index (χ0v) is 13.4. The average Bonchev–Trinajstić information content (AvgIpc) is 2.57. The first-order valence-corrected chi connectivity index (χ1v) is 7.78. The maximum atomic E-state index is 12.5. The zero-order valence-electron chi connectivity index (χ0n) is 13.4. The SMILES string of the molecule is CCOC(=O)c1cccc(NC(=O)[C@H](CC)c2ccccc2)c1. The number of rotatable bonds is 6. The van der Waals surface area contributed by atoms with Crippen molar-refractivity contribution in [3.63, 3.8) is 0 Å². The normalized spacial score (nSPS) is 11.6. The molecule has 4 nitrogen and oxygen atoms in total. The van der Waals surface area contributed by atoms with Gasteiger partial charge in [0.1, 0.15) is 0 Å². The molecule has 0 saturated carbocycles. The fourth-order valence-corrected chi connectivity index (χ4v) is 2.43. The van der Waals surface area contributed by atoms with Crippen molar-refractivity contribution >= 4 is 17.6 Å². The number of nitrogens with one attached hydrogen (secondary N) is 1. The van der Waals surface area contributed by atoms with Gasteiger partial charge in [0, 0.05) is 5.69 Å². The van der Waals surface area contributed by atoms with Crippen LogP contribution in [0.3, 0.4) is 0 Å². The van der Waals surface area contributed by atoms with E-state index in [0.717, 1.165) is 5.56 Å². The highest BCUT2D eigenvalue weighted by Gasteiger charge is 2.18. The lowest BCUT2D eigenvalue weighted by molar-refractivity contribution is -0.117. The van der Waals surface area contributed by atoms with Crippen molar-refractivity contribution in [1.29, 1.82) is 0 Å². The first kappa shape index (κ1) is 16.7. The van der Waals surface area contributed by atoms with Gasteiger partial charge >= 0.3 is 5.97 Å². The summed E-state index contributed by atoms with van der Waals surface area (Å²) in [5, 5.41) is 2.88. The molecule has 0 heterocycles. The van der Waals surface area contributed by atoms with E-state index in [0.29, 0.717) is 24.3 Å². The number of ether oxygens (including phenoxy) is 1. The molecule has 0 saturated heterocycles. The number of esters is 1. The minimum Gasteiger partial charge on any atom is -0.462 e. The molecular weight excluding hydrogens is 290 g/mol. The second-order valence-electron chi connectivity index (χ2n) is 5.16. The molecule has 0 aliphatic rings. The molecule has 23 heavy (non-hydrogen) atoms. The molecule has 0 aliphatic heterocycles. The fraction of sp³-hybridized carbons (Fsp3) is 0.263. The van der Waals surface area contributed by atoms with Gasteiger partial charge in [-0.25, -0.2) is 4.79 Å². The molecule has 0 bridgehead atoms. The lowest BCUT2D eigenvalue weighted by atomic mass is 9.95. The molecular formula is C19H21NO3. The van der Waals surface area contributed by atoms with Crippen molar-refractivity contribution in [2.75, 3.05) is 11.9 Å². The Morgan fingerprint density at radius 2 is 1.78 bits per heavy atom. The van der Waals surface area contributed by atoms with Gasteiger partial charge in [0.15, 0.2) is 0 Å². The predicted molar refractivity (Wildman–Crippen MR) is 90.5 cm³/mol.